The van der Waals surface area contributed by atoms with Crippen molar-refractivity contribution >= 4 is 11.5 Å². The molecule has 0 atom stereocenters. The van der Waals surface area contributed by atoms with Crippen molar-refractivity contribution in [2.24, 2.45) is 5.41 Å². The van der Waals surface area contributed by atoms with Gasteiger partial charge in [0.25, 0.3) is 5.91 Å². The number of piperidine rings is 1. The first kappa shape index (κ1) is 22.5. The average molecular weight is 466 g/mol. The molecule has 2 aromatic rings. The fraction of sp³-hybridized carbons (Fsp3) is 0.321. The zero-order valence-electron chi connectivity index (χ0n) is 18.8. The lowest BCUT2D eigenvalue weighted by atomic mass is 9.66. The van der Waals surface area contributed by atoms with Gasteiger partial charge in [0, 0.05) is 18.5 Å². The number of benzene rings is 2. The quantitative estimate of drug-likeness (QED) is 0.520. The fourth-order valence-corrected chi connectivity index (χ4v) is 5.53. The number of amides is 1. The zero-order chi connectivity index (χ0) is 23.8. The third-order valence-corrected chi connectivity index (χ3v) is 7.20. The highest BCUT2D eigenvalue weighted by Gasteiger charge is 2.46. The number of carbonyl (C=O) groups excluding carboxylic acids is 1. The number of carbonyl (C=O) groups is 1. The van der Waals surface area contributed by atoms with E-state index in [2.05, 4.69) is 30.4 Å². The highest BCUT2D eigenvalue weighted by molar-refractivity contribution is 5.83. The van der Waals surface area contributed by atoms with E-state index < -0.39 is 18.3 Å². The van der Waals surface area contributed by atoms with Gasteiger partial charge in [0.05, 0.1) is 5.56 Å². The van der Waals surface area contributed by atoms with Crippen LogP contribution in [0.2, 0.25) is 0 Å². The number of likely N-dealkylation sites (tertiary alicyclic amines) is 1. The Morgan fingerprint density at radius 3 is 2.44 bits per heavy atom. The van der Waals surface area contributed by atoms with Crippen LogP contribution >= 0.6 is 0 Å². The van der Waals surface area contributed by atoms with Crippen molar-refractivity contribution in [1.29, 1.82) is 0 Å². The minimum Gasteiger partial charge on any atom is -0.483 e. The number of allylic oxidation sites excluding steroid dienone is 6. The van der Waals surface area contributed by atoms with E-state index in [0.717, 1.165) is 31.7 Å². The molecule has 0 N–H and O–H groups in total. The van der Waals surface area contributed by atoms with Crippen molar-refractivity contribution in [3.63, 3.8) is 0 Å². The monoisotopic (exact) mass is 465 g/mol. The van der Waals surface area contributed by atoms with E-state index in [-0.39, 0.29) is 17.1 Å². The molecule has 2 aromatic carbocycles. The van der Waals surface area contributed by atoms with Gasteiger partial charge >= 0.3 is 6.18 Å². The first-order valence-electron chi connectivity index (χ1n) is 11.6. The van der Waals surface area contributed by atoms with E-state index in [1.807, 2.05) is 18.2 Å². The van der Waals surface area contributed by atoms with Crippen LogP contribution in [0.3, 0.4) is 0 Å². The molecule has 2 aliphatic carbocycles. The first-order chi connectivity index (χ1) is 16.4. The summed E-state index contributed by atoms with van der Waals surface area (Å²) in [6.45, 7) is 0.694. The van der Waals surface area contributed by atoms with Crippen LogP contribution in [0, 0.1) is 5.41 Å². The van der Waals surface area contributed by atoms with Gasteiger partial charge in [-0.05, 0) is 54.5 Å². The Kier molecular flexibility index (Phi) is 5.84. The third-order valence-electron chi connectivity index (χ3n) is 7.20. The Morgan fingerprint density at radius 1 is 1.00 bits per heavy atom. The highest BCUT2D eigenvalue weighted by atomic mass is 19.4. The van der Waals surface area contributed by atoms with Gasteiger partial charge in [0.2, 0.25) is 0 Å². The standard InChI is InChI=1S/C28H26F3NO2/c29-28(30,31)23-12-6-7-13-25(23)34-19-26(33)32-16-14-27(15-17-32)22-11-5-4-10-21(22)18-24(27)20-8-2-1-3-9-20/h1-4,6-10,12-13,18H,5,11,14-17,19H2. The van der Waals surface area contributed by atoms with Gasteiger partial charge in [-0.1, -0.05) is 66.3 Å². The van der Waals surface area contributed by atoms with Gasteiger partial charge in [-0.2, -0.15) is 13.2 Å². The molecule has 3 nitrogen and oxygen atoms in total. The predicted molar refractivity (Wildman–Crippen MR) is 125 cm³/mol. The van der Waals surface area contributed by atoms with Crippen molar-refractivity contribution < 1.29 is 22.7 Å². The summed E-state index contributed by atoms with van der Waals surface area (Å²) < 4.78 is 45.0. The number of hydrogen-bond donors (Lipinski definition) is 0. The van der Waals surface area contributed by atoms with E-state index in [0.29, 0.717) is 13.1 Å². The maximum Gasteiger partial charge on any atom is 0.419 e. The normalized spacial score (nSPS) is 19.3. The summed E-state index contributed by atoms with van der Waals surface area (Å²) in [6, 6.07) is 15.4. The third kappa shape index (κ3) is 4.06. The molecule has 0 unspecified atom stereocenters. The number of nitrogens with zero attached hydrogens (tertiary/aromatic N) is 1. The fourth-order valence-electron chi connectivity index (χ4n) is 5.53. The van der Waals surface area contributed by atoms with Crippen LogP contribution in [-0.2, 0) is 11.0 Å². The molecule has 3 aliphatic rings. The van der Waals surface area contributed by atoms with Gasteiger partial charge in [-0.15, -0.1) is 0 Å². The van der Waals surface area contributed by atoms with E-state index in [4.69, 9.17) is 4.74 Å². The largest absolute Gasteiger partial charge is 0.483 e. The molecular weight excluding hydrogens is 439 g/mol. The summed E-state index contributed by atoms with van der Waals surface area (Å²) in [5.41, 5.74) is 4.30. The van der Waals surface area contributed by atoms with Crippen LogP contribution in [-0.4, -0.2) is 30.5 Å². The molecule has 1 amide bonds. The second kappa shape index (κ2) is 8.82. The van der Waals surface area contributed by atoms with Crippen LogP contribution in [0.1, 0.15) is 36.8 Å². The van der Waals surface area contributed by atoms with Gasteiger partial charge in [0.15, 0.2) is 6.61 Å². The van der Waals surface area contributed by atoms with Crippen molar-refractivity contribution in [3.05, 3.63) is 95.1 Å². The maximum absolute atomic E-state index is 13.2. The molecule has 1 heterocycles. The number of hydrogen-bond acceptors (Lipinski definition) is 2. The maximum atomic E-state index is 13.2. The Hall–Kier alpha value is -3.28. The lowest BCUT2D eigenvalue weighted by molar-refractivity contribution is -0.141. The Balaban J connectivity index is 1.30. The van der Waals surface area contributed by atoms with Crippen LogP contribution < -0.4 is 4.74 Å². The van der Waals surface area contributed by atoms with Crippen molar-refractivity contribution in [2.45, 2.75) is 31.9 Å². The number of para-hydroxylation sites is 1. The summed E-state index contributed by atoms with van der Waals surface area (Å²) in [5.74, 6) is -0.599. The molecular formula is C28H26F3NO2. The van der Waals surface area contributed by atoms with Crippen molar-refractivity contribution in [2.75, 3.05) is 19.7 Å². The smallest absolute Gasteiger partial charge is 0.419 e. The second-order valence-corrected chi connectivity index (χ2v) is 9.04. The van der Waals surface area contributed by atoms with Gasteiger partial charge in [0.1, 0.15) is 5.75 Å². The van der Waals surface area contributed by atoms with Gasteiger partial charge < -0.3 is 9.64 Å². The summed E-state index contributed by atoms with van der Waals surface area (Å²) in [7, 11) is 0. The van der Waals surface area contributed by atoms with E-state index in [1.54, 1.807) is 4.90 Å². The lowest BCUT2D eigenvalue weighted by Gasteiger charge is -2.44. The Labute approximate surface area is 197 Å². The Bertz CT molecular complexity index is 1170. The van der Waals surface area contributed by atoms with E-state index in [9.17, 15) is 18.0 Å². The molecule has 0 bridgehead atoms. The molecule has 5 rings (SSSR count). The lowest BCUT2D eigenvalue weighted by Crippen LogP contribution is -2.45. The molecule has 0 saturated carbocycles. The molecule has 1 saturated heterocycles. The zero-order valence-corrected chi connectivity index (χ0v) is 18.8. The van der Waals surface area contributed by atoms with Gasteiger partial charge in [-0.3, -0.25) is 4.79 Å². The van der Waals surface area contributed by atoms with E-state index in [1.165, 1.54) is 40.5 Å². The number of ether oxygens (including phenoxy) is 1. The summed E-state index contributed by atoms with van der Waals surface area (Å²) >= 11 is 0. The minimum absolute atomic E-state index is 0.0953. The predicted octanol–water partition coefficient (Wildman–Crippen LogP) is 6.44. The molecule has 1 aliphatic heterocycles. The molecule has 1 spiro atoms. The average Bonchev–Trinajstić information content (AvgIpc) is 3.17. The Morgan fingerprint density at radius 2 is 1.71 bits per heavy atom. The SMILES string of the molecule is O=C(COc1ccccc1C(F)(F)F)N1CCC2(CC1)C(c1ccccc1)=CC1=C2CCC=C1. The summed E-state index contributed by atoms with van der Waals surface area (Å²) in [5, 5.41) is 0. The van der Waals surface area contributed by atoms with Crippen molar-refractivity contribution in [1.82, 2.24) is 4.90 Å². The number of alkyl halides is 3. The number of fused-ring (bicyclic) bond motifs is 1. The minimum atomic E-state index is -4.53. The topological polar surface area (TPSA) is 29.5 Å². The molecule has 0 aromatic heterocycles. The number of halogens is 3. The molecule has 34 heavy (non-hydrogen) atoms. The second-order valence-electron chi connectivity index (χ2n) is 9.04. The summed E-state index contributed by atoms with van der Waals surface area (Å²) in [4.78, 5) is 14.6. The van der Waals surface area contributed by atoms with Crippen LogP contribution in [0.15, 0.2) is 84.0 Å². The molecule has 6 heteroatoms. The highest BCUT2D eigenvalue weighted by Crippen LogP contribution is 2.57. The number of rotatable bonds is 4. The summed E-state index contributed by atoms with van der Waals surface area (Å²) in [6.07, 6.45) is 5.83. The van der Waals surface area contributed by atoms with Crippen LogP contribution in [0.4, 0.5) is 13.2 Å². The molecule has 1 fully saturated rings. The van der Waals surface area contributed by atoms with Crippen LogP contribution in [0.25, 0.3) is 5.57 Å². The molecule has 176 valence electrons. The van der Waals surface area contributed by atoms with Gasteiger partial charge in [-0.25, -0.2) is 0 Å². The molecule has 0 radical (unpaired) electrons. The first-order valence-corrected chi connectivity index (χ1v) is 11.6. The van der Waals surface area contributed by atoms with Crippen LogP contribution in [0.5, 0.6) is 5.75 Å². The van der Waals surface area contributed by atoms with E-state index >= 15 is 0 Å². The van der Waals surface area contributed by atoms with Crippen molar-refractivity contribution in [3.8, 4) is 5.75 Å².